The predicted octanol–water partition coefficient (Wildman–Crippen LogP) is 4.18. The SMILES string of the molecule is C[n+]1c2ccccc2c(C(=O)O)c2c(-c3ccccc3)cccc21. The molecule has 3 aromatic carbocycles. The van der Waals surface area contributed by atoms with Crippen molar-refractivity contribution in [2.24, 2.45) is 7.05 Å². The molecule has 3 heteroatoms. The lowest BCUT2D eigenvalue weighted by Gasteiger charge is -2.11. The van der Waals surface area contributed by atoms with Gasteiger partial charge in [-0.1, -0.05) is 54.6 Å². The summed E-state index contributed by atoms with van der Waals surface area (Å²) in [5, 5.41) is 11.5. The summed E-state index contributed by atoms with van der Waals surface area (Å²) >= 11 is 0. The molecule has 0 aliphatic rings. The molecule has 0 atom stereocenters. The molecule has 0 fully saturated rings. The van der Waals surface area contributed by atoms with E-state index in [1.165, 1.54) is 0 Å². The van der Waals surface area contributed by atoms with Gasteiger partial charge in [0.2, 0.25) is 11.0 Å². The Morgan fingerprint density at radius 2 is 1.50 bits per heavy atom. The fourth-order valence-electron chi connectivity index (χ4n) is 3.40. The molecule has 1 aromatic heterocycles. The molecule has 0 aliphatic heterocycles. The van der Waals surface area contributed by atoms with Gasteiger partial charge in [-0.3, -0.25) is 0 Å². The van der Waals surface area contributed by atoms with Gasteiger partial charge in [0.1, 0.15) is 7.05 Å². The molecule has 0 spiro atoms. The van der Waals surface area contributed by atoms with Crippen LogP contribution in [0.25, 0.3) is 32.9 Å². The third-order valence-corrected chi connectivity index (χ3v) is 4.49. The standard InChI is InChI=1S/C21H15NO2/c1-22-17-12-6-5-10-16(17)20(21(23)24)19-15(11-7-13-18(19)22)14-8-3-2-4-9-14/h2-13H,1H3/p+1. The molecule has 4 rings (SSSR count). The van der Waals surface area contributed by atoms with Crippen LogP contribution in [0.4, 0.5) is 0 Å². The highest BCUT2D eigenvalue weighted by Gasteiger charge is 2.24. The minimum absolute atomic E-state index is 0.359. The molecule has 1 N–H and O–H groups in total. The topological polar surface area (TPSA) is 41.2 Å². The van der Waals surface area contributed by atoms with Gasteiger partial charge in [0.05, 0.1) is 16.3 Å². The van der Waals surface area contributed by atoms with E-state index in [0.29, 0.717) is 5.56 Å². The molecule has 0 saturated heterocycles. The number of aromatic nitrogens is 1. The number of pyridine rings is 1. The van der Waals surface area contributed by atoms with Crippen molar-refractivity contribution in [1.29, 1.82) is 0 Å². The normalized spacial score (nSPS) is 11.0. The summed E-state index contributed by atoms with van der Waals surface area (Å²) in [6.45, 7) is 0. The van der Waals surface area contributed by atoms with E-state index in [-0.39, 0.29) is 0 Å². The van der Waals surface area contributed by atoms with Gasteiger partial charge in [-0.2, -0.15) is 4.57 Å². The zero-order chi connectivity index (χ0) is 16.7. The van der Waals surface area contributed by atoms with Gasteiger partial charge in [-0.15, -0.1) is 0 Å². The summed E-state index contributed by atoms with van der Waals surface area (Å²) in [5.41, 5.74) is 4.13. The minimum Gasteiger partial charge on any atom is -0.478 e. The third-order valence-electron chi connectivity index (χ3n) is 4.49. The van der Waals surface area contributed by atoms with Crippen molar-refractivity contribution < 1.29 is 14.5 Å². The molecular formula is C21H16NO2+. The number of aromatic carboxylic acids is 1. The molecule has 0 unspecified atom stereocenters. The minimum atomic E-state index is -0.903. The average Bonchev–Trinajstić information content (AvgIpc) is 2.62. The Hall–Kier alpha value is -3.20. The van der Waals surface area contributed by atoms with Gasteiger partial charge in [0, 0.05) is 12.1 Å². The second-order valence-electron chi connectivity index (χ2n) is 5.82. The first-order valence-corrected chi connectivity index (χ1v) is 7.80. The Morgan fingerprint density at radius 3 is 2.25 bits per heavy atom. The number of fused-ring (bicyclic) bond motifs is 2. The van der Waals surface area contributed by atoms with Gasteiger partial charge in [-0.25, -0.2) is 4.79 Å². The number of carboxylic acids is 1. The molecule has 0 aliphatic carbocycles. The lowest BCUT2D eigenvalue weighted by molar-refractivity contribution is -0.617. The smallest absolute Gasteiger partial charge is 0.337 e. The van der Waals surface area contributed by atoms with E-state index in [1.807, 2.05) is 79.8 Å². The van der Waals surface area contributed by atoms with Crippen molar-refractivity contribution in [2.75, 3.05) is 0 Å². The third kappa shape index (κ3) is 2.06. The van der Waals surface area contributed by atoms with Crippen LogP contribution >= 0.6 is 0 Å². The number of rotatable bonds is 2. The Morgan fingerprint density at radius 1 is 0.833 bits per heavy atom. The number of aryl methyl sites for hydroxylation is 1. The summed E-state index contributed by atoms with van der Waals surface area (Å²) in [6, 6.07) is 23.5. The molecule has 0 bridgehead atoms. The molecule has 1 heterocycles. The number of nitrogens with zero attached hydrogens (tertiary/aromatic N) is 1. The van der Waals surface area contributed by atoms with Crippen molar-refractivity contribution in [3.05, 3.63) is 78.4 Å². The van der Waals surface area contributed by atoms with E-state index >= 15 is 0 Å². The van der Waals surface area contributed by atoms with Gasteiger partial charge in [-0.05, 0) is 17.2 Å². The Balaban J connectivity index is 2.27. The number of carbonyl (C=O) groups is 1. The molecule has 4 aromatic rings. The Labute approximate surface area is 139 Å². The second kappa shape index (κ2) is 5.46. The van der Waals surface area contributed by atoms with Crippen LogP contribution in [0.3, 0.4) is 0 Å². The van der Waals surface area contributed by atoms with Gasteiger partial charge < -0.3 is 5.11 Å². The summed E-state index contributed by atoms with van der Waals surface area (Å²) in [5.74, 6) is -0.903. The van der Waals surface area contributed by atoms with E-state index < -0.39 is 5.97 Å². The fraction of sp³-hybridized carbons (Fsp3) is 0.0476. The van der Waals surface area contributed by atoms with Crippen LogP contribution in [0.5, 0.6) is 0 Å². The molecule has 3 nitrogen and oxygen atoms in total. The quantitative estimate of drug-likeness (QED) is 0.445. The Bertz CT molecular complexity index is 1090. The van der Waals surface area contributed by atoms with Crippen LogP contribution in [0.1, 0.15) is 10.4 Å². The van der Waals surface area contributed by atoms with Gasteiger partial charge in [0.25, 0.3) is 0 Å². The Kier molecular flexibility index (Phi) is 3.28. The van der Waals surface area contributed by atoms with Gasteiger partial charge >= 0.3 is 5.97 Å². The van der Waals surface area contributed by atoms with E-state index in [2.05, 4.69) is 4.57 Å². The van der Waals surface area contributed by atoms with E-state index in [9.17, 15) is 9.90 Å². The lowest BCUT2D eigenvalue weighted by atomic mass is 9.94. The highest BCUT2D eigenvalue weighted by atomic mass is 16.4. The fourth-order valence-corrected chi connectivity index (χ4v) is 3.40. The van der Waals surface area contributed by atoms with Crippen molar-refractivity contribution in [2.45, 2.75) is 0 Å². The van der Waals surface area contributed by atoms with Crippen LogP contribution < -0.4 is 4.57 Å². The summed E-state index contributed by atoms with van der Waals surface area (Å²) in [6.07, 6.45) is 0. The van der Waals surface area contributed by atoms with E-state index in [4.69, 9.17) is 0 Å². The van der Waals surface area contributed by atoms with Crippen LogP contribution in [0.15, 0.2) is 72.8 Å². The van der Waals surface area contributed by atoms with E-state index in [0.717, 1.165) is 32.9 Å². The van der Waals surface area contributed by atoms with Crippen molar-refractivity contribution in [3.8, 4) is 11.1 Å². The highest BCUT2D eigenvalue weighted by molar-refractivity contribution is 6.16. The maximum Gasteiger partial charge on any atom is 0.337 e. The van der Waals surface area contributed by atoms with Crippen LogP contribution in [0, 0.1) is 0 Å². The summed E-state index contributed by atoms with van der Waals surface area (Å²) in [4.78, 5) is 12.1. The number of para-hydroxylation sites is 1. The maximum atomic E-state index is 12.1. The van der Waals surface area contributed by atoms with Crippen molar-refractivity contribution >= 4 is 27.8 Å². The molecular weight excluding hydrogens is 298 g/mol. The van der Waals surface area contributed by atoms with Crippen LogP contribution in [-0.4, -0.2) is 11.1 Å². The number of hydrogen-bond acceptors (Lipinski definition) is 1. The molecule has 0 radical (unpaired) electrons. The first kappa shape index (κ1) is 14.4. The highest BCUT2D eigenvalue weighted by Crippen LogP contribution is 2.33. The molecule has 116 valence electrons. The van der Waals surface area contributed by atoms with Gasteiger partial charge in [0.15, 0.2) is 0 Å². The largest absolute Gasteiger partial charge is 0.478 e. The predicted molar refractivity (Wildman–Crippen MR) is 95.0 cm³/mol. The second-order valence-corrected chi connectivity index (χ2v) is 5.82. The van der Waals surface area contributed by atoms with Crippen molar-refractivity contribution in [1.82, 2.24) is 0 Å². The first-order chi connectivity index (χ1) is 11.7. The van der Waals surface area contributed by atoms with Crippen LogP contribution in [0.2, 0.25) is 0 Å². The number of benzene rings is 3. The first-order valence-electron chi connectivity index (χ1n) is 7.80. The number of hydrogen-bond donors (Lipinski definition) is 1. The lowest BCUT2D eigenvalue weighted by Crippen LogP contribution is -2.31. The zero-order valence-corrected chi connectivity index (χ0v) is 13.2. The number of carboxylic acid groups (broad SMARTS) is 1. The zero-order valence-electron chi connectivity index (χ0n) is 13.2. The molecule has 0 amide bonds. The monoisotopic (exact) mass is 314 g/mol. The van der Waals surface area contributed by atoms with Crippen LogP contribution in [-0.2, 0) is 7.05 Å². The van der Waals surface area contributed by atoms with Crippen molar-refractivity contribution in [3.63, 3.8) is 0 Å². The average molecular weight is 314 g/mol. The maximum absolute atomic E-state index is 12.1. The molecule has 0 saturated carbocycles. The van der Waals surface area contributed by atoms with E-state index in [1.54, 1.807) is 0 Å². The molecule has 24 heavy (non-hydrogen) atoms. The summed E-state index contributed by atoms with van der Waals surface area (Å²) < 4.78 is 2.06. The summed E-state index contributed by atoms with van der Waals surface area (Å²) in [7, 11) is 1.98.